The molecule has 0 bridgehead atoms. The van der Waals surface area contributed by atoms with Crippen molar-refractivity contribution in [3.05, 3.63) is 53.4 Å². The second kappa shape index (κ2) is 7.92. The number of amides is 1. The number of benzene rings is 1. The van der Waals surface area contributed by atoms with Gasteiger partial charge in [0.05, 0.1) is 18.8 Å². The van der Waals surface area contributed by atoms with Gasteiger partial charge in [0, 0.05) is 17.3 Å². The van der Waals surface area contributed by atoms with Crippen molar-refractivity contribution in [2.45, 2.75) is 31.0 Å². The van der Waals surface area contributed by atoms with Crippen LogP contribution in [0.1, 0.15) is 35.8 Å². The van der Waals surface area contributed by atoms with Crippen LogP contribution in [0.4, 0.5) is 23.2 Å². The Bertz CT molecular complexity index is 999. The second-order valence-electron chi connectivity index (χ2n) is 7.23. The number of rotatable bonds is 5. The molecule has 1 aliphatic heterocycles. The van der Waals surface area contributed by atoms with Gasteiger partial charge in [-0.25, -0.2) is 22.5 Å². The van der Waals surface area contributed by atoms with E-state index in [9.17, 15) is 22.4 Å². The molecule has 6 nitrogen and oxygen atoms in total. The zero-order valence-electron chi connectivity index (χ0n) is 16.3. The molecule has 0 fully saturated rings. The number of amidine groups is 1. The van der Waals surface area contributed by atoms with E-state index in [0.29, 0.717) is 5.75 Å². The normalized spacial score (nSPS) is 23.6. The number of aliphatic imine (C=N–C) groups is 1. The third kappa shape index (κ3) is 3.94. The van der Waals surface area contributed by atoms with Crippen molar-refractivity contribution < 1.29 is 27.1 Å². The molecule has 1 aromatic carbocycles. The molecule has 1 amide bonds. The Balaban J connectivity index is 1.93. The summed E-state index contributed by atoms with van der Waals surface area (Å²) in [5, 5.41) is 2.44. The van der Waals surface area contributed by atoms with Crippen LogP contribution in [0, 0.1) is 11.6 Å². The summed E-state index contributed by atoms with van der Waals surface area (Å²) in [6.45, 7) is 0.0758. The molecule has 0 spiro atoms. The summed E-state index contributed by atoms with van der Waals surface area (Å²) >= 11 is 0. The fourth-order valence-electron chi connectivity index (χ4n) is 3.21. The smallest absolute Gasteiger partial charge is 0.274 e. The number of anilines is 1. The summed E-state index contributed by atoms with van der Waals surface area (Å²) in [6.07, 6.45) is 0.880. The molecular weight excluding hydrogens is 404 g/mol. The third-order valence-electron chi connectivity index (χ3n) is 5.12. The van der Waals surface area contributed by atoms with E-state index in [2.05, 4.69) is 15.3 Å². The van der Waals surface area contributed by atoms with Gasteiger partial charge < -0.3 is 15.8 Å². The first kappa shape index (κ1) is 21.5. The molecule has 0 unspecified atom stereocenters. The maximum absolute atomic E-state index is 14.6. The lowest BCUT2D eigenvalue weighted by molar-refractivity contribution is 0.102. The number of carbonyl (C=O) groups excluding carboxylic acids is 1. The summed E-state index contributed by atoms with van der Waals surface area (Å²) in [5.74, 6) is -3.27. The average molecular weight is 424 g/mol. The van der Waals surface area contributed by atoms with Crippen LogP contribution in [0.25, 0.3) is 0 Å². The van der Waals surface area contributed by atoms with Gasteiger partial charge in [0.15, 0.2) is 17.3 Å². The summed E-state index contributed by atoms with van der Waals surface area (Å²) in [7, 11) is 1.45. The van der Waals surface area contributed by atoms with E-state index in [-0.39, 0.29) is 29.8 Å². The Labute approximate surface area is 170 Å². The predicted molar refractivity (Wildman–Crippen MR) is 103 cm³/mol. The van der Waals surface area contributed by atoms with Gasteiger partial charge in [-0.3, -0.25) is 9.79 Å². The minimum atomic E-state index is -2.43. The summed E-state index contributed by atoms with van der Waals surface area (Å²) in [5.41, 5.74) is 1.45. The van der Waals surface area contributed by atoms with Crippen LogP contribution in [-0.2, 0) is 5.54 Å². The molecule has 2 atom stereocenters. The van der Waals surface area contributed by atoms with E-state index in [1.807, 2.05) is 0 Å². The van der Waals surface area contributed by atoms with Crippen LogP contribution in [0.3, 0.4) is 0 Å². The molecule has 0 aliphatic carbocycles. The quantitative estimate of drug-likeness (QED) is 0.717. The SMILES string of the molecule is COc1ccc(C(=O)Nc2cc(F)c(F)c([C@]3(C)CC[C@@](F)(CF)C(N)=N3)c2)nc1. The van der Waals surface area contributed by atoms with Crippen molar-refractivity contribution in [2.24, 2.45) is 10.7 Å². The molecule has 1 aliphatic rings. The number of hydrogen-bond acceptors (Lipinski definition) is 5. The number of nitrogens with zero attached hydrogens (tertiary/aromatic N) is 2. The molecule has 2 heterocycles. The minimum absolute atomic E-state index is 0.0263. The molecule has 3 rings (SSSR count). The van der Waals surface area contributed by atoms with Gasteiger partial charge >= 0.3 is 0 Å². The Morgan fingerprint density at radius 2 is 2.03 bits per heavy atom. The fraction of sp³-hybridized carbons (Fsp3) is 0.350. The van der Waals surface area contributed by atoms with Crippen molar-refractivity contribution in [1.29, 1.82) is 0 Å². The van der Waals surface area contributed by atoms with Crippen molar-refractivity contribution in [3.8, 4) is 5.75 Å². The number of nitrogens with one attached hydrogen (secondary N) is 1. The highest BCUT2D eigenvalue weighted by molar-refractivity contribution is 6.03. The molecule has 0 radical (unpaired) electrons. The summed E-state index contributed by atoms with van der Waals surface area (Å²) in [6, 6.07) is 4.92. The zero-order valence-corrected chi connectivity index (χ0v) is 16.3. The van der Waals surface area contributed by atoms with Gasteiger partial charge in [-0.05, 0) is 38.0 Å². The molecule has 30 heavy (non-hydrogen) atoms. The molecule has 2 aromatic rings. The summed E-state index contributed by atoms with van der Waals surface area (Å²) in [4.78, 5) is 20.3. The maximum atomic E-state index is 14.6. The Hall–Kier alpha value is -3.17. The monoisotopic (exact) mass is 424 g/mol. The van der Waals surface area contributed by atoms with E-state index < -0.39 is 41.3 Å². The number of pyridine rings is 1. The first-order valence-electron chi connectivity index (χ1n) is 9.03. The van der Waals surface area contributed by atoms with Crippen molar-refractivity contribution in [3.63, 3.8) is 0 Å². The van der Waals surface area contributed by atoms with E-state index in [1.165, 1.54) is 38.4 Å². The van der Waals surface area contributed by atoms with Crippen molar-refractivity contribution in [2.75, 3.05) is 19.1 Å². The van der Waals surface area contributed by atoms with Crippen molar-refractivity contribution in [1.82, 2.24) is 4.98 Å². The lowest BCUT2D eigenvalue weighted by atomic mass is 9.80. The predicted octanol–water partition coefficient (Wildman–Crippen LogP) is 3.66. The number of halogens is 4. The largest absolute Gasteiger partial charge is 0.495 e. The van der Waals surface area contributed by atoms with E-state index in [1.54, 1.807) is 0 Å². The highest BCUT2D eigenvalue weighted by atomic mass is 19.2. The van der Waals surface area contributed by atoms with E-state index in [0.717, 1.165) is 6.07 Å². The topological polar surface area (TPSA) is 89.6 Å². The number of carbonyl (C=O) groups is 1. The number of aromatic nitrogens is 1. The fourth-order valence-corrected chi connectivity index (χ4v) is 3.21. The highest BCUT2D eigenvalue weighted by Gasteiger charge is 2.45. The number of alkyl halides is 2. The van der Waals surface area contributed by atoms with Crippen LogP contribution in [-0.4, -0.2) is 36.2 Å². The van der Waals surface area contributed by atoms with Crippen LogP contribution in [0.5, 0.6) is 5.75 Å². The Kier molecular flexibility index (Phi) is 5.69. The van der Waals surface area contributed by atoms with Crippen LogP contribution < -0.4 is 15.8 Å². The van der Waals surface area contributed by atoms with Gasteiger partial charge in [-0.1, -0.05) is 0 Å². The highest BCUT2D eigenvalue weighted by Crippen LogP contribution is 2.41. The molecule has 1 aromatic heterocycles. The lowest BCUT2D eigenvalue weighted by Crippen LogP contribution is -2.48. The molecule has 0 saturated heterocycles. The van der Waals surface area contributed by atoms with Crippen LogP contribution in [0.2, 0.25) is 0 Å². The molecule has 0 saturated carbocycles. The van der Waals surface area contributed by atoms with Gasteiger partial charge in [0.1, 0.15) is 24.0 Å². The number of methoxy groups -OCH3 is 1. The number of ether oxygens (including phenoxy) is 1. The standard InChI is InChI=1S/C20H20F4N4O2/c1-19(5-6-20(24,10-21)18(25)28-19)13-7-11(8-14(22)16(13)23)27-17(29)15-4-3-12(30-2)9-26-15/h3-4,7-9H,5-6,10H2,1-2H3,(H2,25,28)(H,27,29)/t19-,20+/m0/s1. The zero-order chi connectivity index (χ0) is 22.1. The van der Waals surface area contributed by atoms with Crippen molar-refractivity contribution >= 4 is 17.4 Å². The van der Waals surface area contributed by atoms with E-state index in [4.69, 9.17) is 10.5 Å². The maximum Gasteiger partial charge on any atom is 0.274 e. The van der Waals surface area contributed by atoms with Gasteiger partial charge in [0.25, 0.3) is 5.91 Å². The first-order chi connectivity index (χ1) is 14.1. The number of hydrogen-bond donors (Lipinski definition) is 2. The average Bonchev–Trinajstić information content (AvgIpc) is 2.73. The second-order valence-corrected chi connectivity index (χ2v) is 7.23. The molecule has 10 heteroatoms. The third-order valence-corrected chi connectivity index (χ3v) is 5.12. The van der Waals surface area contributed by atoms with E-state index >= 15 is 0 Å². The minimum Gasteiger partial charge on any atom is -0.495 e. The lowest BCUT2D eigenvalue weighted by Gasteiger charge is -2.36. The Morgan fingerprint density at radius 3 is 2.60 bits per heavy atom. The summed E-state index contributed by atoms with van der Waals surface area (Å²) < 4.78 is 61.1. The van der Waals surface area contributed by atoms with Gasteiger partial charge in [-0.2, -0.15) is 0 Å². The molecular formula is C20H20F4N4O2. The number of nitrogens with two attached hydrogens (primary N) is 1. The molecule has 160 valence electrons. The van der Waals surface area contributed by atoms with Gasteiger partial charge in [-0.15, -0.1) is 0 Å². The first-order valence-corrected chi connectivity index (χ1v) is 9.03. The Morgan fingerprint density at radius 1 is 1.30 bits per heavy atom. The van der Waals surface area contributed by atoms with Crippen LogP contribution >= 0.6 is 0 Å². The molecule has 3 N–H and O–H groups in total. The van der Waals surface area contributed by atoms with Gasteiger partial charge in [0.2, 0.25) is 0 Å². The van der Waals surface area contributed by atoms with Crippen LogP contribution in [0.15, 0.2) is 35.5 Å².